The van der Waals surface area contributed by atoms with Gasteiger partial charge >= 0.3 is 0 Å². The van der Waals surface area contributed by atoms with Crippen LogP contribution in [0.1, 0.15) is 6.92 Å². The first-order chi connectivity index (χ1) is 7.10. The summed E-state index contributed by atoms with van der Waals surface area (Å²) >= 11 is 0. The second-order valence-corrected chi connectivity index (χ2v) is 4.14. The molecule has 0 radical (unpaired) electrons. The summed E-state index contributed by atoms with van der Waals surface area (Å²) < 4.78 is 10.6. The van der Waals surface area contributed by atoms with Crippen LogP contribution >= 0.6 is 0 Å². The highest BCUT2D eigenvalue weighted by atomic mass is 16.6. The van der Waals surface area contributed by atoms with E-state index in [1.165, 1.54) is 0 Å². The average Bonchev–Trinajstić information content (AvgIpc) is 2.95. The van der Waals surface area contributed by atoms with Gasteiger partial charge in [0.25, 0.3) is 0 Å². The van der Waals surface area contributed by atoms with E-state index in [0.29, 0.717) is 13.2 Å². The van der Waals surface area contributed by atoms with E-state index in [9.17, 15) is 10.2 Å². The fraction of sp³-hybridized carbons (Fsp3) is 1.00. The third-order valence-corrected chi connectivity index (χ3v) is 3.02. The average molecular weight is 219 g/mol. The molecule has 1 unspecified atom stereocenters. The lowest BCUT2D eigenvalue weighted by Gasteiger charge is -2.39. The first-order valence-corrected chi connectivity index (χ1v) is 5.09. The Morgan fingerprint density at radius 2 is 2.27 bits per heavy atom. The smallest absolute Gasteiger partial charge is 0.137 e. The number of aliphatic hydroxyl groups is 3. The van der Waals surface area contributed by atoms with Gasteiger partial charge in [-0.15, -0.1) is 0 Å². The first-order valence-electron chi connectivity index (χ1n) is 5.09. The Bertz CT molecular complexity index is 231. The maximum atomic E-state index is 9.91. The van der Waals surface area contributed by atoms with Crippen LogP contribution in [0.25, 0.3) is 0 Å². The Kier molecular flexibility index (Phi) is 2.98. The summed E-state index contributed by atoms with van der Waals surface area (Å²) in [4.78, 5) is 0. The summed E-state index contributed by atoms with van der Waals surface area (Å²) in [5, 5.41) is 31.0. The van der Waals surface area contributed by atoms with Gasteiger partial charge in [-0.25, -0.2) is 0 Å². The van der Waals surface area contributed by atoms with Crippen molar-refractivity contribution >= 4 is 0 Å². The van der Waals surface area contributed by atoms with Gasteiger partial charge in [-0.1, -0.05) is 0 Å². The van der Waals surface area contributed by atoms with Crippen LogP contribution in [0, 0.1) is 0 Å². The maximum Gasteiger partial charge on any atom is 0.137 e. The summed E-state index contributed by atoms with van der Waals surface area (Å²) in [5.41, 5.74) is -0.692. The molecule has 6 nitrogen and oxygen atoms in total. The lowest BCUT2D eigenvalue weighted by Crippen LogP contribution is -2.62. The molecule has 2 aliphatic heterocycles. The fourth-order valence-electron chi connectivity index (χ4n) is 2.06. The van der Waals surface area contributed by atoms with Crippen LogP contribution in [-0.4, -0.2) is 65.2 Å². The fourth-order valence-corrected chi connectivity index (χ4v) is 2.06. The SMILES string of the molecule is CC(O)N[C@H]1CO[C@H](CO)[C@@H](O)[C@@]12CO2. The van der Waals surface area contributed by atoms with E-state index >= 15 is 0 Å². The van der Waals surface area contributed by atoms with E-state index in [1.54, 1.807) is 6.92 Å². The van der Waals surface area contributed by atoms with Crippen LogP contribution < -0.4 is 5.32 Å². The summed E-state index contributed by atoms with van der Waals surface area (Å²) in [6.07, 6.45) is -2.13. The van der Waals surface area contributed by atoms with Crippen LogP contribution in [0.5, 0.6) is 0 Å². The molecule has 0 bridgehead atoms. The quantitative estimate of drug-likeness (QED) is 0.318. The number of ether oxygens (including phenoxy) is 2. The molecule has 0 aliphatic carbocycles. The van der Waals surface area contributed by atoms with Gasteiger partial charge in [0, 0.05) is 0 Å². The Hall–Kier alpha value is -0.240. The van der Waals surface area contributed by atoms with E-state index in [4.69, 9.17) is 14.6 Å². The van der Waals surface area contributed by atoms with Crippen molar-refractivity contribution in [2.45, 2.75) is 37.0 Å². The minimum Gasteiger partial charge on any atom is -0.394 e. The normalized spacial score (nSPS) is 46.8. The Labute approximate surface area is 87.8 Å². The highest BCUT2D eigenvalue weighted by molar-refractivity contribution is 5.12. The maximum absolute atomic E-state index is 9.91. The van der Waals surface area contributed by atoms with E-state index < -0.39 is 24.0 Å². The van der Waals surface area contributed by atoms with Crippen molar-refractivity contribution in [2.24, 2.45) is 0 Å². The van der Waals surface area contributed by atoms with Crippen LogP contribution in [0.2, 0.25) is 0 Å². The number of hydrogen-bond donors (Lipinski definition) is 4. The van der Waals surface area contributed by atoms with Crippen molar-refractivity contribution in [3.8, 4) is 0 Å². The molecule has 0 aromatic heterocycles. The number of hydrogen-bond acceptors (Lipinski definition) is 6. The zero-order valence-electron chi connectivity index (χ0n) is 8.59. The lowest BCUT2D eigenvalue weighted by atomic mass is 9.88. The van der Waals surface area contributed by atoms with E-state index in [1.807, 2.05) is 0 Å². The molecule has 88 valence electrons. The molecule has 0 aromatic rings. The topological polar surface area (TPSA) is 94.5 Å². The first kappa shape index (κ1) is 11.3. The summed E-state index contributed by atoms with van der Waals surface area (Å²) in [6.45, 7) is 2.11. The molecule has 0 amide bonds. The number of epoxide rings is 1. The van der Waals surface area contributed by atoms with Crippen molar-refractivity contribution < 1.29 is 24.8 Å². The van der Waals surface area contributed by atoms with Crippen LogP contribution in [0.4, 0.5) is 0 Å². The molecule has 2 aliphatic rings. The zero-order valence-corrected chi connectivity index (χ0v) is 8.59. The highest BCUT2D eigenvalue weighted by Gasteiger charge is 2.62. The zero-order chi connectivity index (χ0) is 11.1. The largest absolute Gasteiger partial charge is 0.394 e. The minimum absolute atomic E-state index is 0.228. The van der Waals surface area contributed by atoms with Crippen molar-refractivity contribution in [1.82, 2.24) is 5.32 Å². The lowest BCUT2D eigenvalue weighted by molar-refractivity contribution is -0.148. The minimum atomic E-state index is -0.854. The van der Waals surface area contributed by atoms with Gasteiger partial charge in [-0.3, -0.25) is 5.32 Å². The van der Waals surface area contributed by atoms with Gasteiger partial charge in [0.15, 0.2) is 0 Å². The molecule has 2 heterocycles. The second-order valence-electron chi connectivity index (χ2n) is 4.14. The van der Waals surface area contributed by atoms with Crippen molar-refractivity contribution in [1.29, 1.82) is 0 Å². The number of nitrogens with one attached hydrogen (secondary N) is 1. The Morgan fingerprint density at radius 3 is 2.73 bits per heavy atom. The third-order valence-electron chi connectivity index (χ3n) is 3.02. The molecule has 5 atom stereocenters. The van der Waals surface area contributed by atoms with Gasteiger partial charge in [0.05, 0.1) is 25.9 Å². The molecule has 2 saturated heterocycles. The van der Waals surface area contributed by atoms with Gasteiger partial charge in [0.1, 0.15) is 24.0 Å². The molecule has 4 N–H and O–H groups in total. The van der Waals surface area contributed by atoms with E-state index in [0.717, 1.165) is 0 Å². The molecule has 0 saturated carbocycles. The summed E-state index contributed by atoms with van der Waals surface area (Å²) in [5.74, 6) is 0. The highest BCUT2D eigenvalue weighted by Crippen LogP contribution is 2.40. The monoisotopic (exact) mass is 219 g/mol. The Morgan fingerprint density at radius 1 is 1.60 bits per heavy atom. The third kappa shape index (κ3) is 1.89. The van der Waals surface area contributed by atoms with E-state index in [-0.39, 0.29) is 12.6 Å². The van der Waals surface area contributed by atoms with E-state index in [2.05, 4.69) is 5.32 Å². The number of aliphatic hydroxyl groups excluding tert-OH is 3. The predicted octanol–water partition coefficient (Wildman–Crippen LogP) is -2.20. The van der Waals surface area contributed by atoms with Crippen molar-refractivity contribution in [3.05, 3.63) is 0 Å². The number of rotatable bonds is 3. The van der Waals surface area contributed by atoms with Crippen LogP contribution in [0.3, 0.4) is 0 Å². The molecule has 2 rings (SSSR count). The standard InChI is InChI=1S/C9H17NO5/c1-5(12)10-7-3-14-6(2-11)8(13)9(7)4-15-9/h5-8,10-13H,2-4H2,1H3/t5?,6-,7+,8-,9-/m1/s1. The molecule has 0 aromatic carbocycles. The van der Waals surface area contributed by atoms with Gasteiger partial charge in [-0.2, -0.15) is 0 Å². The second kappa shape index (κ2) is 3.97. The molecular formula is C9H17NO5. The molecule has 6 heteroatoms. The van der Waals surface area contributed by atoms with Gasteiger partial charge in [-0.05, 0) is 6.92 Å². The van der Waals surface area contributed by atoms with Crippen molar-refractivity contribution in [3.63, 3.8) is 0 Å². The van der Waals surface area contributed by atoms with Crippen LogP contribution in [0.15, 0.2) is 0 Å². The van der Waals surface area contributed by atoms with Crippen LogP contribution in [-0.2, 0) is 9.47 Å². The predicted molar refractivity (Wildman–Crippen MR) is 50.1 cm³/mol. The van der Waals surface area contributed by atoms with Gasteiger partial charge in [0.2, 0.25) is 0 Å². The molecule has 1 spiro atoms. The Balaban J connectivity index is 2.04. The summed E-state index contributed by atoms with van der Waals surface area (Å²) in [7, 11) is 0. The molecular weight excluding hydrogens is 202 g/mol. The molecule has 15 heavy (non-hydrogen) atoms. The van der Waals surface area contributed by atoms with Crippen molar-refractivity contribution in [2.75, 3.05) is 19.8 Å². The van der Waals surface area contributed by atoms with Gasteiger partial charge < -0.3 is 24.8 Å². The summed E-state index contributed by atoms with van der Waals surface area (Å²) in [6, 6.07) is -0.240. The molecule has 2 fully saturated rings.